The van der Waals surface area contributed by atoms with E-state index in [9.17, 15) is 10.1 Å². The summed E-state index contributed by atoms with van der Waals surface area (Å²) in [6.07, 6.45) is 0. The fourth-order valence-electron chi connectivity index (χ4n) is 1.41. The van der Waals surface area contributed by atoms with E-state index in [4.69, 9.17) is 21.1 Å². The molecule has 0 fully saturated rings. The Morgan fingerprint density at radius 3 is 2.62 bits per heavy atom. The number of hydrogen-bond acceptors (Lipinski definition) is 8. The number of anilines is 1. The third kappa shape index (κ3) is 3.45. The minimum Gasteiger partial charge on any atom is -0.467 e. The Hall–Kier alpha value is -2.68. The van der Waals surface area contributed by atoms with Gasteiger partial charge in [-0.1, -0.05) is 11.6 Å². The number of nitro groups is 1. The summed E-state index contributed by atoms with van der Waals surface area (Å²) in [5.41, 5.74) is -0.259. The van der Waals surface area contributed by atoms with E-state index in [0.717, 1.165) is 0 Å². The molecule has 1 aromatic heterocycles. The van der Waals surface area contributed by atoms with Crippen LogP contribution in [-0.4, -0.2) is 34.0 Å². The molecule has 0 aliphatic rings. The summed E-state index contributed by atoms with van der Waals surface area (Å²) in [5, 5.41) is 13.9. The van der Waals surface area contributed by atoms with Crippen molar-refractivity contribution in [1.29, 1.82) is 0 Å². The van der Waals surface area contributed by atoms with Crippen LogP contribution in [-0.2, 0) is 0 Å². The maximum absolute atomic E-state index is 11.0. The van der Waals surface area contributed by atoms with Gasteiger partial charge in [-0.2, -0.15) is 9.97 Å². The van der Waals surface area contributed by atoms with E-state index >= 15 is 0 Å². The molecule has 21 heavy (non-hydrogen) atoms. The Kier molecular flexibility index (Phi) is 4.33. The Morgan fingerprint density at radius 2 is 2.00 bits per heavy atom. The number of aromatic nitrogens is 3. The van der Waals surface area contributed by atoms with Crippen molar-refractivity contribution < 1.29 is 14.4 Å². The number of hydrogen-bond donors (Lipinski definition) is 1. The van der Waals surface area contributed by atoms with Gasteiger partial charge in [0.1, 0.15) is 0 Å². The van der Waals surface area contributed by atoms with Crippen molar-refractivity contribution in [2.24, 2.45) is 0 Å². The smallest absolute Gasteiger partial charge is 0.330 e. The van der Waals surface area contributed by atoms with Crippen molar-refractivity contribution in [3.8, 4) is 17.8 Å². The fourth-order valence-corrected chi connectivity index (χ4v) is 1.57. The van der Waals surface area contributed by atoms with Crippen molar-refractivity contribution in [2.75, 3.05) is 19.5 Å². The van der Waals surface area contributed by atoms with Gasteiger partial charge in [-0.05, 0) is 6.07 Å². The van der Waals surface area contributed by atoms with Gasteiger partial charge in [0.2, 0.25) is 11.7 Å². The molecule has 0 spiro atoms. The lowest BCUT2D eigenvalue weighted by atomic mass is 10.3. The minimum atomic E-state index is -0.594. The molecule has 0 saturated heterocycles. The van der Waals surface area contributed by atoms with Crippen LogP contribution < -0.4 is 14.8 Å². The molecule has 0 radical (unpaired) electrons. The summed E-state index contributed by atoms with van der Waals surface area (Å²) in [4.78, 5) is 22.0. The highest BCUT2D eigenvalue weighted by atomic mass is 35.5. The summed E-state index contributed by atoms with van der Waals surface area (Å²) in [5.74, 6) is 0.115. The predicted octanol–water partition coefficient (Wildman–Crippen LogP) is 2.28. The van der Waals surface area contributed by atoms with E-state index in [1.807, 2.05) is 0 Å². The number of nitrogens with one attached hydrogen (secondary N) is 1. The zero-order chi connectivity index (χ0) is 15.4. The first-order chi connectivity index (χ1) is 10.0. The zero-order valence-electron chi connectivity index (χ0n) is 11.0. The van der Waals surface area contributed by atoms with E-state index in [1.54, 1.807) is 7.05 Å². The Labute approximate surface area is 124 Å². The number of methoxy groups -OCH3 is 1. The lowest BCUT2D eigenvalue weighted by Gasteiger charge is -2.07. The first kappa shape index (κ1) is 14.7. The largest absolute Gasteiger partial charge is 0.467 e. The van der Waals surface area contributed by atoms with Crippen molar-refractivity contribution in [3.05, 3.63) is 33.3 Å². The molecule has 10 heteroatoms. The van der Waals surface area contributed by atoms with Crippen molar-refractivity contribution in [2.45, 2.75) is 0 Å². The molecule has 1 aromatic carbocycles. The van der Waals surface area contributed by atoms with Crippen LogP contribution >= 0.6 is 11.6 Å². The second-order valence-corrected chi connectivity index (χ2v) is 4.09. The van der Waals surface area contributed by atoms with Crippen LogP contribution in [0.4, 0.5) is 11.6 Å². The van der Waals surface area contributed by atoms with E-state index < -0.39 is 4.92 Å². The van der Waals surface area contributed by atoms with E-state index in [2.05, 4.69) is 20.3 Å². The fraction of sp³-hybridized carbons (Fsp3) is 0.182. The molecule has 9 nitrogen and oxygen atoms in total. The third-order valence-electron chi connectivity index (χ3n) is 2.32. The van der Waals surface area contributed by atoms with Crippen LogP contribution in [0.5, 0.6) is 17.8 Å². The Bertz CT molecular complexity index is 659. The topological polar surface area (TPSA) is 112 Å². The number of halogens is 1. The minimum absolute atomic E-state index is 0.00836. The van der Waals surface area contributed by atoms with Gasteiger partial charge in [0.15, 0.2) is 0 Å². The average Bonchev–Trinajstić information content (AvgIpc) is 2.46. The van der Waals surface area contributed by atoms with Gasteiger partial charge in [-0.25, -0.2) is 0 Å². The summed E-state index contributed by atoms with van der Waals surface area (Å²) < 4.78 is 10.2. The zero-order valence-corrected chi connectivity index (χ0v) is 11.8. The van der Waals surface area contributed by atoms with Gasteiger partial charge in [-0.3, -0.25) is 10.1 Å². The molecule has 2 rings (SSSR count). The van der Waals surface area contributed by atoms with Crippen LogP contribution in [0.15, 0.2) is 18.2 Å². The molecule has 0 amide bonds. The number of rotatable bonds is 5. The molecule has 110 valence electrons. The highest BCUT2D eigenvalue weighted by Gasteiger charge is 2.18. The van der Waals surface area contributed by atoms with Crippen LogP contribution in [0, 0.1) is 10.1 Å². The monoisotopic (exact) mass is 311 g/mol. The molecule has 0 aliphatic carbocycles. The molecule has 0 atom stereocenters. The molecule has 0 unspecified atom stereocenters. The number of nitro benzene ring substituents is 1. The quantitative estimate of drug-likeness (QED) is 0.661. The van der Waals surface area contributed by atoms with E-state index in [1.165, 1.54) is 25.3 Å². The first-order valence-electron chi connectivity index (χ1n) is 5.63. The molecular weight excluding hydrogens is 302 g/mol. The van der Waals surface area contributed by atoms with Gasteiger partial charge in [0, 0.05) is 24.2 Å². The third-order valence-corrected chi connectivity index (χ3v) is 2.56. The SMILES string of the molecule is CNc1nc(OC)nc(Oc2cc(Cl)ccc2[N+](=O)[O-])n1. The second-order valence-electron chi connectivity index (χ2n) is 3.65. The van der Waals surface area contributed by atoms with Crippen molar-refractivity contribution in [1.82, 2.24) is 15.0 Å². The van der Waals surface area contributed by atoms with Gasteiger partial charge < -0.3 is 14.8 Å². The lowest BCUT2D eigenvalue weighted by molar-refractivity contribution is -0.385. The van der Waals surface area contributed by atoms with Crippen LogP contribution in [0.25, 0.3) is 0 Å². The molecule has 0 aliphatic heterocycles. The predicted molar refractivity (Wildman–Crippen MR) is 74.1 cm³/mol. The standard InChI is InChI=1S/C11H10ClN5O4/c1-13-9-14-10(20-2)16-11(15-9)21-8-5-6(12)3-4-7(8)17(18)19/h3-5H,1-2H3,(H,13,14,15,16). The average molecular weight is 312 g/mol. The molecule has 0 bridgehead atoms. The Morgan fingerprint density at radius 1 is 1.29 bits per heavy atom. The van der Waals surface area contributed by atoms with Gasteiger partial charge in [0.25, 0.3) is 0 Å². The number of nitrogens with zero attached hydrogens (tertiary/aromatic N) is 4. The molecular formula is C11H10ClN5O4. The number of benzene rings is 1. The van der Waals surface area contributed by atoms with Crippen molar-refractivity contribution >= 4 is 23.2 Å². The first-order valence-corrected chi connectivity index (χ1v) is 6.01. The van der Waals surface area contributed by atoms with Crippen LogP contribution in [0.3, 0.4) is 0 Å². The van der Waals surface area contributed by atoms with Gasteiger partial charge in [-0.15, -0.1) is 4.98 Å². The summed E-state index contributed by atoms with van der Waals surface area (Å²) >= 11 is 5.81. The molecule has 2 aromatic rings. The summed E-state index contributed by atoms with van der Waals surface area (Å²) in [6.45, 7) is 0. The van der Waals surface area contributed by atoms with Crippen LogP contribution in [0.2, 0.25) is 5.02 Å². The highest BCUT2D eigenvalue weighted by Crippen LogP contribution is 2.33. The summed E-state index contributed by atoms with van der Waals surface area (Å²) in [6, 6.07) is 3.77. The normalized spacial score (nSPS) is 10.0. The maximum atomic E-state index is 11.0. The van der Waals surface area contributed by atoms with E-state index in [0.29, 0.717) is 0 Å². The second kappa shape index (κ2) is 6.18. The van der Waals surface area contributed by atoms with Gasteiger partial charge in [0.05, 0.1) is 12.0 Å². The lowest BCUT2D eigenvalue weighted by Crippen LogP contribution is -2.04. The van der Waals surface area contributed by atoms with Crippen molar-refractivity contribution in [3.63, 3.8) is 0 Å². The maximum Gasteiger partial charge on any atom is 0.330 e. The highest BCUT2D eigenvalue weighted by molar-refractivity contribution is 6.30. The van der Waals surface area contributed by atoms with Crippen LogP contribution in [0.1, 0.15) is 0 Å². The van der Waals surface area contributed by atoms with E-state index in [-0.39, 0.29) is 34.4 Å². The van der Waals surface area contributed by atoms with Gasteiger partial charge >= 0.3 is 17.7 Å². The molecule has 1 heterocycles. The Balaban J connectivity index is 2.42. The molecule has 1 N–H and O–H groups in total. The molecule has 0 saturated carbocycles. The summed E-state index contributed by atoms with van der Waals surface area (Å²) in [7, 11) is 2.97. The number of ether oxygens (including phenoxy) is 2.